The fourth-order valence-corrected chi connectivity index (χ4v) is 2.66. The third kappa shape index (κ3) is 3.31. The number of ketones is 1. The van der Waals surface area contributed by atoms with E-state index < -0.39 is 12.1 Å². The van der Waals surface area contributed by atoms with E-state index in [2.05, 4.69) is 0 Å². The summed E-state index contributed by atoms with van der Waals surface area (Å²) in [6, 6.07) is 19.5. The average molecular weight is 339 g/mol. The normalized spacial score (nSPS) is 11.9. The lowest BCUT2D eigenvalue weighted by Gasteiger charge is -2.13. The van der Waals surface area contributed by atoms with Crippen molar-refractivity contribution in [3.63, 3.8) is 0 Å². The molecule has 24 heavy (non-hydrogen) atoms. The van der Waals surface area contributed by atoms with Crippen molar-refractivity contribution in [3.8, 4) is 0 Å². The fraction of sp³-hybridized carbons (Fsp3) is 0.100. The standard InChI is InChI=1S/C20H15ClO3/c1-13(19(22)15-9-11-16(21)12-10-15)24-20(23)18-8-4-6-14-5-2-3-7-17(14)18/h2-13H,1H3/t13-/m0/s1. The van der Waals surface area contributed by atoms with Crippen LogP contribution in [0.2, 0.25) is 5.02 Å². The van der Waals surface area contributed by atoms with E-state index in [9.17, 15) is 9.59 Å². The van der Waals surface area contributed by atoms with Gasteiger partial charge < -0.3 is 4.74 Å². The van der Waals surface area contributed by atoms with Gasteiger partial charge in [-0.2, -0.15) is 0 Å². The Morgan fingerprint density at radius 2 is 1.58 bits per heavy atom. The first-order valence-electron chi connectivity index (χ1n) is 7.55. The van der Waals surface area contributed by atoms with Gasteiger partial charge in [0, 0.05) is 10.6 Å². The Labute approximate surface area is 144 Å². The molecular formula is C20H15ClO3. The van der Waals surface area contributed by atoms with Gasteiger partial charge in [0.25, 0.3) is 0 Å². The predicted molar refractivity (Wildman–Crippen MR) is 94.6 cm³/mol. The molecule has 0 aliphatic rings. The molecule has 1 atom stereocenters. The van der Waals surface area contributed by atoms with E-state index in [0.717, 1.165) is 10.8 Å². The van der Waals surface area contributed by atoms with E-state index in [-0.39, 0.29) is 5.78 Å². The van der Waals surface area contributed by atoms with Gasteiger partial charge in [0.05, 0.1) is 5.56 Å². The second-order valence-corrected chi connectivity index (χ2v) is 5.88. The minimum atomic E-state index is -0.877. The van der Waals surface area contributed by atoms with Gasteiger partial charge in [0.1, 0.15) is 0 Å². The van der Waals surface area contributed by atoms with Crippen LogP contribution < -0.4 is 0 Å². The number of esters is 1. The van der Waals surface area contributed by atoms with Crippen LogP contribution in [0.1, 0.15) is 27.6 Å². The smallest absolute Gasteiger partial charge is 0.339 e. The summed E-state index contributed by atoms with van der Waals surface area (Å²) in [4.78, 5) is 24.8. The van der Waals surface area contributed by atoms with Crippen molar-refractivity contribution in [3.05, 3.63) is 82.9 Å². The largest absolute Gasteiger partial charge is 0.451 e. The molecule has 0 N–H and O–H groups in total. The third-order valence-electron chi connectivity index (χ3n) is 3.79. The number of Topliss-reactive ketones (excluding diaryl/α,β-unsaturated/α-hetero) is 1. The summed E-state index contributed by atoms with van der Waals surface area (Å²) in [6.07, 6.45) is -0.877. The topological polar surface area (TPSA) is 43.4 Å². The first-order chi connectivity index (χ1) is 11.6. The maximum Gasteiger partial charge on any atom is 0.339 e. The van der Waals surface area contributed by atoms with E-state index in [1.54, 1.807) is 43.3 Å². The first kappa shape index (κ1) is 16.2. The van der Waals surface area contributed by atoms with Crippen LogP contribution in [0.4, 0.5) is 0 Å². The quantitative estimate of drug-likeness (QED) is 0.501. The van der Waals surface area contributed by atoms with Crippen LogP contribution in [-0.4, -0.2) is 17.9 Å². The van der Waals surface area contributed by atoms with Crippen LogP contribution in [-0.2, 0) is 4.74 Å². The maximum absolute atomic E-state index is 12.5. The Hall–Kier alpha value is -2.65. The molecule has 0 heterocycles. The number of hydrogen-bond donors (Lipinski definition) is 0. The number of ether oxygens (including phenoxy) is 1. The summed E-state index contributed by atoms with van der Waals surface area (Å²) < 4.78 is 5.37. The van der Waals surface area contributed by atoms with Crippen molar-refractivity contribution in [2.24, 2.45) is 0 Å². The summed E-state index contributed by atoms with van der Waals surface area (Å²) in [7, 11) is 0. The molecule has 0 spiro atoms. The van der Waals surface area contributed by atoms with Crippen molar-refractivity contribution in [1.82, 2.24) is 0 Å². The lowest BCUT2D eigenvalue weighted by atomic mass is 10.0. The summed E-state index contributed by atoms with van der Waals surface area (Å²) in [6.45, 7) is 1.57. The van der Waals surface area contributed by atoms with Crippen LogP contribution in [0.3, 0.4) is 0 Å². The molecule has 0 aliphatic carbocycles. The zero-order valence-corrected chi connectivity index (χ0v) is 13.8. The zero-order chi connectivity index (χ0) is 17.1. The number of benzene rings is 3. The van der Waals surface area contributed by atoms with E-state index in [0.29, 0.717) is 16.1 Å². The minimum Gasteiger partial charge on any atom is -0.451 e. The van der Waals surface area contributed by atoms with E-state index in [1.165, 1.54) is 0 Å². The van der Waals surface area contributed by atoms with Crippen LogP contribution in [0.25, 0.3) is 10.8 Å². The molecule has 0 radical (unpaired) electrons. The molecule has 3 aromatic carbocycles. The second-order valence-electron chi connectivity index (χ2n) is 5.45. The Balaban J connectivity index is 1.80. The summed E-state index contributed by atoms with van der Waals surface area (Å²) >= 11 is 5.82. The van der Waals surface area contributed by atoms with Crippen LogP contribution in [0.15, 0.2) is 66.7 Å². The molecule has 0 fully saturated rings. The van der Waals surface area contributed by atoms with E-state index in [1.807, 2.05) is 30.3 Å². The van der Waals surface area contributed by atoms with Crippen molar-refractivity contribution in [2.45, 2.75) is 13.0 Å². The number of rotatable bonds is 4. The molecule has 4 heteroatoms. The second kappa shape index (κ2) is 6.85. The molecule has 0 unspecified atom stereocenters. The number of carbonyl (C=O) groups excluding carboxylic acids is 2. The third-order valence-corrected chi connectivity index (χ3v) is 4.04. The predicted octanol–water partition coefficient (Wildman–Crippen LogP) is 4.92. The molecule has 0 saturated carbocycles. The number of hydrogen-bond acceptors (Lipinski definition) is 3. The van der Waals surface area contributed by atoms with Gasteiger partial charge in [0.2, 0.25) is 5.78 Å². The highest BCUT2D eigenvalue weighted by atomic mass is 35.5. The number of carbonyl (C=O) groups is 2. The first-order valence-corrected chi connectivity index (χ1v) is 7.92. The van der Waals surface area contributed by atoms with Crippen molar-refractivity contribution < 1.29 is 14.3 Å². The number of fused-ring (bicyclic) bond motifs is 1. The van der Waals surface area contributed by atoms with E-state index in [4.69, 9.17) is 16.3 Å². The molecule has 0 bridgehead atoms. The van der Waals surface area contributed by atoms with E-state index >= 15 is 0 Å². The molecule has 0 saturated heterocycles. The molecule has 3 aromatic rings. The lowest BCUT2D eigenvalue weighted by molar-refractivity contribution is 0.0321. The molecule has 3 nitrogen and oxygen atoms in total. The SMILES string of the molecule is C[C@H](OC(=O)c1cccc2ccccc12)C(=O)c1ccc(Cl)cc1. The van der Waals surface area contributed by atoms with Crippen LogP contribution in [0, 0.1) is 0 Å². The van der Waals surface area contributed by atoms with Crippen molar-refractivity contribution >= 4 is 34.1 Å². The molecule has 0 aliphatic heterocycles. The van der Waals surface area contributed by atoms with Crippen molar-refractivity contribution in [2.75, 3.05) is 0 Å². The summed E-state index contributed by atoms with van der Waals surface area (Å²) in [5.41, 5.74) is 0.904. The van der Waals surface area contributed by atoms with Crippen LogP contribution >= 0.6 is 11.6 Å². The van der Waals surface area contributed by atoms with Gasteiger partial charge >= 0.3 is 5.97 Å². The highest BCUT2D eigenvalue weighted by Gasteiger charge is 2.21. The Morgan fingerprint density at radius 3 is 2.33 bits per heavy atom. The monoisotopic (exact) mass is 338 g/mol. The summed E-state index contributed by atoms with van der Waals surface area (Å²) in [5, 5.41) is 2.30. The van der Waals surface area contributed by atoms with Gasteiger partial charge in [-0.1, -0.05) is 48.0 Å². The van der Waals surface area contributed by atoms with Gasteiger partial charge in [-0.3, -0.25) is 4.79 Å². The Morgan fingerprint density at radius 1 is 0.917 bits per heavy atom. The van der Waals surface area contributed by atoms with Crippen molar-refractivity contribution in [1.29, 1.82) is 0 Å². The van der Waals surface area contributed by atoms with Gasteiger partial charge in [-0.05, 0) is 48.0 Å². The summed E-state index contributed by atoms with van der Waals surface area (Å²) in [5.74, 6) is -0.776. The lowest BCUT2D eigenvalue weighted by Crippen LogP contribution is -2.24. The van der Waals surface area contributed by atoms with Gasteiger partial charge in [0.15, 0.2) is 6.10 Å². The molecule has 0 amide bonds. The minimum absolute atomic E-state index is 0.264. The number of halogens is 1. The fourth-order valence-electron chi connectivity index (χ4n) is 2.53. The molecular weight excluding hydrogens is 324 g/mol. The maximum atomic E-state index is 12.5. The molecule has 120 valence electrons. The Kier molecular flexibility index (Phi) is 4.63. The molecule has 0 aromatic heterocycles. The van der Waals surface area contributed by atoms with Gasteiger partial charge in [-0.15, -0.1) is 0 Å². The highest BCUT2D eigenvalue weighted by molar-refractivity contribution is 6.30. The Bertz CT molecular complexity index is 895. The average Bonchev–Trinajstić information content (AvgIpc) is 2.61. The van der Waals surface area contributed by atoms with Crippen LogP contribution in [0.5, 0.6) is 0 Å². The zero-order valence-electron chi connectivity index (χ0n) is 13.0. The molecule has 3 rings (SSSR count). The highest BCUT2D eigenvalue weighted by Crippen LogP contribution is 2.20. The van der Waals surface area contributed by atoms with Gasteiger partial charge in [-0.25, -0.2) is 4.79 Å².